The first kappa shape index (κ1) is 19.9. The number of benzene rings is 1. The van der Waals surface area contributed by atoms with Crippen molar-refractivity contribution in [1.82, 2.24) is 9.62 Å². The molecular formula is C19H30N2O3S. The van der Waals surface area contributed by atoms with Gasteiger partial charge in [-0.05, 0) is 56.4 Å². The van der Waals surface area contributed by atoms with Crippen molar-refractivity contribution in [1.29, 1.82) is 0 Å². The summed E-state index contributed by atoms with van der Waals surface area (Å²) < 4.78 is 27.2. The normalized spacial score (nSPS) is 17.2. The fourth-order valence-electron chi connectivity index (χ4n) is 3.25. The molecule has 0 saturated heterocycles. The van der Waals surface area contributed by atoms with Gasteiger partial charge >= 0.3 is 0 Å². The van der Waals surface area contributed by atoms with Gasteiger partial charge in [-0.3, -0.25) is 4.79 Å². The largest absolute Gasteiger partial charge is 0.341 e. The van der Waals surface area contributed by atoms with E-state index in [2.05, 4.69) is 4.72 Å². The summed E-state index contributed by atoms with van der Waals surface area (Å²) in [7, 11) is -1.71. The van der Waals surface area contributed by atoms with Crippen molar-refractivity contribution >= 4 is 15.9 Å². The van der Waals surface area contributed by atoms with Gasteiger partial charge < -0.3 is 4.90 Å². The molecule has 1 unspecified atom stereocenters. The third-order valence-corrected chi connectivity index (χ3v) is 6.59. The molecule has 0 heterocycles. The molecule has 2 rings (SSSR count). The quantitative estimate of drug-likeness (QED) is 0.804. The smallest absolute Gasteiger partial charge is 0.253 e. The average Bonchev–Trinajstić information content (AvgIpc) is 2.61. The molecule has 5 nitrogen and oxygen atoms in total. The van der Waals surface area contributed by atoms with Crippen LogP contribution in [0.2, 0.25) is 0 Å². The first-order chi connectivity index (χ1) is 11.8. The number of amides is 1. The van der Waals surface area contributed by atoms with E-state index in [1.54, 1.807) is 17.0 Å². The van der Waals surface area contributed by atoms with Gasteiger partial charge in [-0.25, -0.2) is 13.1 Å². The van der Waals surface area contributed by atoms with Crippen LogP contribution in [0, 0.1) is 5.92 Å². The van der Waals surface area contributed by atoms with E-state index in [0.29, 0.717) is 11.5 Å². The Morgan fingerprint density at radius 1 is 1.20 bits per heavy atom. The van der Waals surface area contributed by atoms with E-state index in [0.717, 1.165) is 13.0 Å². The summed E-state index contributed by atoms with van der Waals surface area (Å²) in [6.45, 7) is 4.53. The zero-order valence-corrected chi connectivity index (χ0v) is 16.3. The predicted octanol–water partition coefficient (Wildman–Crippen LogP) is 3.42. The average molecular weight is 367 g/mol. The minimum atomic E-state index is -3.53. The van der Waals surface area contributed by atoms with Crippen LogP contribution in [0.1, 0.15) is 62.7 Å². The summed E-state index contributed by atoms with van der Waals surface area (Å²) in [5.74, 6) is 0.534. The fourth-order valence-corrected chi connectivity index (χ4v) is 4.58. The second-order valence-electron chi connectivity index (χ2n) is 7.14. The van der Waals surface area contributed by atoms with Crippen LogP contribution in [0.25, 0.3) is 0 Å². The lowest BCUT2D eigenvalue weighted by Gasteiger charge is -2.27. The topological polar surface area (TPSA) is 66.5 Å². The van der Waals surface area contributed by atoms with Crippen molar-refractivity contribution in [2.75, 3.05) is 13.6 Å². The van der Waals surface area contributed by atoms with Gasteiger partial charge in [0.05, 0.1) is 4.90 Å². The zero-order valence-electron chi connectivity index (χ0n) is 15.5. The van der Waals surface area contributed by atoms with Gasteiger partial charge in [0.2, 0.25) is 10.0 Å². The van der Waals surface area contributed by atoms with Crippen molar-refractivity contribution in [3.63, 3.8) is 0 Å². The van der Waals surface area contributed by atoms with E-state index in [1.807, 2.05) is 20.9 Å². The zero-order chi connectivity index (χ0) is 18.4. The van der Waals surface area contributed by atoms with Crippen molar-refractivity contribution < 1.29 is 13.2 Å². The van der Waals surface area contributed by atoms with Crippen LogP contribution in [0.4, 0.5) is 0 Å². The molecule has 1 fully saturated rings. The molecular weight excluding hydrogens is 336 g/mol. The van der Waals surface area contributed by atoms with Gasteiger partial charge in [-0.1, -0.05) is 26.2 Å². The molecule has 0 bridgehead atoms. The Hall–Kier alpha value is -1.40. The monoisotopic (exact) mass is 366 g/mol. The Balaban J connectivity index is 2.01. The Morgan fingerprint density at radius 3 is 2.36 bits per heavy atom. The van der Waals surface area contributed by atoms with Gasteiger partial charge in [0.25, 0.3) is 5.91 Å². The van der Waals surface area contributed by atoms with E-state index >= 15 is 0 Å². The van der Waals surface area contributed by atoms with Gasteiger partial charge in [0.1, 0.15) is 0 Å². The molecule has 1 atom stereocenters. The maximum absolute atomic E-state index is 12.6. The highest BCUT2D eigenvalue weighted by Gasteiger charge is 2.21. The molecule has 25 heavy (non-hydrogen) atoms. The highest BCUT2D eigenvalue weighted by Crippen LogP contribution is 2.24. The van der Waals surface area contributed by atoms with Crippen molar-refractivity contribution in [3.05, 3.63) is 29.8 Å². The van der Waals surface area contributed by atoms with Crippen LogP contribution in [-0.2, 0) is 10.0 Å². The number of carbonyl (C=O) groups excluding carboxylic acids is 1. The number of carbonyl (C=O) groups is 1. The lowest BCUT2D eigenvalue weighted by molar-refractivity contribution is 0.0760. The van der Waals surface area contributed by atoms with Crippen LogP contribution in [0.3, 0.4) is 0 Å². The minimum Gasteiger partial charge on any atom is -0.341 e. The van der Waals surface area contributed by atoms with E-state index in [-0.39, 0.29) is 16.8 Å². The Morgan fingerprint density at radius 2 is 1.80 bits per heavy atom. The summed E-state index contributed by atoms with van der Waals surface area (Å²) in [6, 6.07) is 6.10. The third kappa shape index (κ3) is 5.54. The van der Waals surface area contributed by atoms with Crippen LogP contribution >= 0.6 is 0 Å². The van der Waals surface area contributed by atoms with Crippen LogP contribution in [-0.4, -0.2) is 38.9 Å². The van der Waals surface area contributed by atoms with Gasteiger partial charge in [0.15, 0.2) is 0 Å². The first-order valence-corrected chi connectivity index (χ1v) is 10.7. The highest BCUT2D eigenvalue weighted by molar-refractivity contribution is 7.89. The molecule has 1 aromatic carbocycles. The standard InChI is InChI=1S/C19H30N2O3S/c1-4-15(2)20-25(23,24)18-12-10-17(11-13-18)19(22)21(3)14-16-8-6-5-7-9-16/h10-13,15-16,20H,4-9,14H2,1-3H3. The number of hydrogen-bond acceptors (Lipinski definition) is 3. The fraction of sp³-hybridized carbons (Fsp3) is 0.632. The van der Waals surface area contributed by atoms with E-state index in [1.165, 1.54) is 44.2 Å². The lowest BCUT2D eigenvalue weighted by atomic mass is 9.89. The van der Waals surface area contributed by atoms with Crippen molar-refractivity contribution in [3.8, 4) is 0 Å². The van der Waals surface area contributed by atoms with Crippen LogP contribution < -0.4 is 4.72 Å². The molecule has 1 aromatic rings. The van der Waals surface area contributed by atoms with Gasteiger partial charge in [-0.2, -0.15) is 0 Å². The summed E-state index contributed by atoms with van der Waals surface area (Å²) in [4.78, 5) is 14.5. The molecule has 0 aromatic heterocycles. The van der Waals surface area contributed by atoms with Gasteiger partial charge in [0, 0.05) is 25.2 Å². The summed E-state index contributed by atoms with van der Waals surface area (Å²) in [5.41, 5.74) is 0.529. The highest BCUT2D eigenvalue weighted by atomic mass is 32.2. The van der Waals surface area contributed by atoms with Crippen molar-refractivity contribution in [2.24, 2.45) is 5.92 Å². The molecule has 1 saturated carbocycles. The number of sulfonamides is 1. The maximum atomic E-state index is 12.6. The molecule has 0 spiro atoms. The molecule has 6 heteroatoms. The van der Waals surface area contributed by atoms with Crippen molar-refractivity contribution in [2.45, 2.75) is 63.3 Å². The van der Waals surface area contributed by atoms with E-state index < -0.39 is 10.0 Å². The van der Waals surface area contributed by atoms with Crippen LogP contribution in [0.15, 0.2) is 29.2 Å². The Labute approximate surface area is 151 Å². The predicted molar refractivity (Wildman–Crippen MR) is 100 cm³/mol. The third-order valence-electron chi connectivity index (χ3n) is 4.98. The summed E-state index contributed by atoms with van der Waals surface area (Å²) in [6.07, 6.45) is 6.91. The second-order valence-corrected chi connectivity index (χ2v) is 8.86. The first-order valence-electron chi connectivity index (χ1n) is 9.21. The minimum absolute atomic E-state index is 0.0515. The molecule has 1 aliphatic rings. The Kier molecular flexibility index (Phi) is 7.02. The molecule has 0 aliphatic heterocycles. The molecule has 1 amide bonds. The number of rotatable bonds is 7. The second kappa shape index (κ2) is 8.81. The van der Waals surface area contributed by atoms with Gasteiger partial charge in [-0.15, -0.1) is 0 Å². The molecule has 0 radical (unpaired) electrons. The maximum Gasteiger partial charge on any atom is 0.253 e. The van der Waals surface area contributed by atoms with Crippen LogP contribution in [0.5, 0.6) is 0 Å². The number of hydrogen-bond donors (Lipinski definition) is 1. The van der Waals surface area contributed by atoms with E-state index in [9.17, 15) is 13.2 Å². The molecule has 1 aliphatic carbocycles. The molecule has 1 N–H and O–H groups in total. The lowest BCUT2D eigenvalue weighted by Crippen LogP contribution is -2.33. The summed E-state index contributed by atoms with van der Waals surface area (Å²) >= 11 is 0. The Bertz CT molecular complexity index is 664. The summed E-state index contributed by atoms with van der Waals surface area (Å²) in [5, 5.41) is 0. The number of nitrogens with one attached hydrogen (secondary N) is 1. The van der Waals surface area contributed by atoms with E-state index in [4.69, 9.17) is 0 Å². The number of nitrogens with zero attached hydrogens (tertiary/aromatic N) is 1. The molecule has 140 valence electrons. The SMILES string of the molecule is CCC(C)NS(=O)(=O)c1ccc(C(=O)N(C)CC2CCCCC2)cc1.